The highest BCUT2D eigenvalue weighted by Gasteiger charge is 2.33. The maximum Gasteiger partial charge on any atom is 0.274 e. The van der Waals surface area contributed by atoms with Crippen LogP contribution in [-0.4, -0.2) is 46.8 Å². The van der Waals surface area contributed by atoms with Crippen molar-refractivity contribution in [2.75, 3.05) is 20.6 Å². The van der Waals surface area contributed by atoms with Crippen LogP contribution in [0.2, 0.25) is 0 Å². The second-order valence-corrected chi connectivity index (χ2v) is 7.54. The van der Waals surface area contributed by atoms with Crippen LogP contribution in [0.1, 0.15) is 49.0 Å². The van der Waals surface area contributed by atoms with Crippen LogP contribution >= 0.6 is 0 Å². The first kappa shape index (κ1) is 18.6. The van der Waals surface area contributed by atoms with E-state index >= 15 is 0 Å². The normalized spacial score (nSPS) is 17.2. The monoisotopic (exact) mass is 356 g/mol. The standard InChI is InChI=1S/C20H28N4O2/c1-23(2)20(12-8-4-5-9-13-20)14-21-18(25)17-15-10-6-7-11-16(15)19(26)24(3)22-17/h6-7,10-11H,4-5,8-9,12-14H2,1-3H3,(H,21,25). The first-order chi connectivity index (χ1) is 12.4. The average Bonchev–Trinajstić information content (AvgIpc) is 2.89. The van der Waals surface area contributed by atoms with E-state index in [9.17, 15) is 9.59 Å². The Hall–Kier alpha value is -2.21. The summed E-state index contributed by atoms with van der Waals surface area (Å²) in [5.41, 5.74) is 0.110. The van der Waals surface area contributed by atoms with Gasteiger partial charge in [0.15, 0.2) is 5.69 Å². The van der Waals surface area contributed by atoms with Crippen molar-refractivity contribution in [3.05, 3.63) is 40.3 Å². The lowest BCUT2D eigenvalue weighted by molar-refractivity contribution is 0.0864. The van der Waals surface area contributed by atoms with Crippen molar-refractivity contribution < 1.29 is 4.79 Å². The van der Waals surface area contributed by atoms with Gasteiger partial charge >= 0.3 is 0 Å². The van der Waals surface area contributed by atoms with Crippen molar-refractivity contribution in [2.24, 2.45) is 7.05 Å². The minimum Gasteiger partial charge on any atom is -0.349 e. The number of carbonyl (C=O) groups excluding carboxylic acids is 1. The molecule has 140 valence electrons. The molecule has 2 aromatic rings. The summed E-state index contributed by atoms with van der Waals surface area (Å²) in [6, 6.07) is 7.15. The summed E-state index contributed by atoms with van der Waals surface area (Å²) < 4.78 is 1.24. The van der Waals surface area contributed by atoms with Gasteiger partial charge in [-0.05, 0) is 33.0 Å². The number of fused-ring (bicyclic) bond motifs is 1. The molecule has 0 bridgehead atoms. The summed E-state index contributed by atoms with van der Waals surface area (Å²) >= 11 is 0. The molecule has 0 radical (unpaired) electrons. The number of aryl methyl sites for hydroxylation is 1. The summed E-state index contributed by atoms with van der Waals surface area (Å²) in [6.07, 6.45) is 7.07. The highest BCUT2D eigenvalue weighted by atomic mass is 16.2. The number of hydrogen-bond donors (Lipinski definition) is 1. The summed E-state index contributed by atoms with van der Waals surface area (Å²) in [5.74, 6) is -0.220. The van der Waals surface area contributed by atoms with Crippen LogP contribution < -0.4 is 10.9 Å². The molecule has 3 rings (SSSR count). The number of nitrogens with zero attached hydrogens (tertiary/aromatic N) is 3. The molecule has 1 saturated carbocycles. The van der Waals surface area contributed by atoms with E-state index in [-0.39, 0.29) is 17.0 Å². The minimum atomic E-state index is -0.220. The van der Waals surface area contributed by atoms with E-state index in [2.05, 4.69) is 29.4 Å². The number of carbonyl (C=O) groups is 1. The molecule has 1 aliphatic rings. The molecule has 1 aliphatic carbocycles. The van der Waals surface area contributed by atoms with Crippen molar-refractivity contribution in [1.82, 2.24) is 20.0 Å². The smallest absolute Gasteiger partial charge is 0.274 e. The summed E-state index contributed by atoms with van der Waals surface area (Å²) in [5, 5.41) is 8.45. The third-order valence-corrected chi connectivity index (χ3v) is 5.73. The SMILES string of the molecule is CN(C)C1(CNC(=O)c2nn(C)c(=O)c3ccccc23)CCCCCC1. The van der Waals surface area contributed by atoms with Crippen LogP contribution in [-0.2, 0) is 7.05 Å². The maximum atomic E-state index is 12.9. The van der Waals surface area contributed by atoms with Crippen LogP contribution in [0.4, 0.5) is 0 Å². The van der Waals surface area contributed by atoms with Crippen molar-refractivity contribution in [3.8, 4) is 0 Å². The van der Waals surface area contributed by atoms with Gasteiger partial charge in [-0.2, -0.15) is 5.10 Å². The van der Waals surface area contributed by atoms with Gasteiger partial charge < -0.3 is 10.2 Å². The van der Waals surface area contributed by atoms with Gasteiger partial charge in [-0.25, -0.2) is 4.68 Å². The number of nitrogens with one attached hydrogen (secondary N) is 1. The lowest BCUT2D eigenvalue weighted by Crippen LogP contribution is -2.52. The Morgan fingerprint density at radius 1 is 1.15 bits per heavy atom. The van der Waals surface area contributed by atoms with E-state index in [1.807, 2.05) is 6.07 Å². The van der Waals surface area contributed by atoms with E-state index in [0.29, 0.717) is 23.0 Å². The van der Waals surface area contributed by atoms with E-state index in [1.54, 1.807) is 25.2 Å². The fourth-order valence-corrected chi connectivity index (χ4v) is 3.96. The zero-order chi connectivity index (χ0) is 18.7. The largest absolute Gasteiger partial charge is 0.349 e. The number of amides is 1. The predicted octanol–water partition coefficient (Wildman–Crippen LogP) is 2.32. The molecule has 0 atom stereocenters. The molecular formula is C20H28N4O2. The first-order valence-electron chi connectivity index (χ1n) is 9.36. The average molecular weight is 356 g/mol. The van der Waals surface area contributed by atoms with E-state index in [1.165, 1.54) is 30.4 Å². The van der Waals surface area contributed by atoms with Crippen molar-refractivity contribution in [1.29, 1.82) is 0 Å². The minimum absolute atomic E-state index is 0.0113. The third-order valence-electron chi connectivity index (χ3n) is 5.73. The molecule has 6 heteroatoms. The van der Waals surface area contributed by atoms with Crippen LogP contribution in [0.5, 0.6) is 0 Å². The topological polar surface area (TPSA) is 67.2 Å². The summed E-state index contributed by atoms with van der Waals surface area (Å²) in [7, 11) is 5.77. The molecule has 1 heterocycles. The van der Waals surface area contributed by atoms with Crippen molar-refractivity contribution in [3.63, 3.8) is 0 Å². The Kier molecular flexibility index (Phi) is 5.41. The number of hydrogen-bond acceptors (Lipinski definition) is 4. The Balaban J connectivity index is 1.87. The molecule has 0 saturated heterocycles. The summed E-state index contributed by atoms with van der Waals surface area (Å²) in [4.78, 5) is 27.4. The third kappa shape index (κ3) is 3.51. The quantitative estimate of drug-likeness (QED) is 0.854. The van der Waals surface area contributed by atoms with Gasteiger partial charge in [0.2, 0.25) is 0 Å². The van der Waals surface area contributed by atoms with Gasteiger partial charge in [0, 0.05) is 24.5 Å². The lowest BCUT2D eigenvalue weighted by Gasteiger charge is -2.39. The second kappa shape index (κ2) is 7.58. The molecule has 1 N–H and O–H groups in total. The Labute approximate surface area is 154 Å². The van der Waals surface area contributed by atoms with E-state index in [4.69, 9.17) is 0 Å². The lowest BCUT2D eigenvalue weighted by atomic mass is 9.88. The van der Waals surface area contributed by atoms with E-state index < -0.39 is 0 Å². The van der Waals surface area contributed by atoms with Crippen molar-refractivity contribution >= 4 is 16.7 Å². The highest BCUT2D eigenvalue weighted by molar-refractivity contribution is 6.04. The molecular weight excluding hydrogens is 328 g/mol. The van der Waals surface area contributed by atoms with Gasteiger partial charge in [0.25, 0.3) is 11.5 Å². The molecule has 1 aromatic carbocycles. The van der Waals surface area contributed by atoms with Crippen LogP contribution in [0.3, 0.4) is 0 Å². The van der Waals surface area contributed by atoms with Gasteiger partial charge in [-0.15, -0.1) is 0 Å². The molecule has 0 aliphatic heterocycles. The Bertz CT molecular complexity index is 849. The van der Waals surface area contributed by atoms with Gasteiger partial charge in [0.05, 0.1) is 5.39 Å². The van der Waals surface area contributed by atoms with Crippen molar-refractivity contribution in [2.45, 2.75) is 44.1 Å². The molecule has 1 aromatic heterocycles. The van der Waals surface area contributed by atoms with Gasteiger partial charge in [-0.1, -0.05) is 43.9 Å². The van der Waals surface area contributed by atoms with Crippen LogP contribution in [0.15, 0.2) is 29.1 Å². The number of benzene rings is 1. The second-order valence-electron chi connectivity index (χ2n) is 7.54. The van der Waals surface area contributed by atoms with Crippen LogP contribution in [0.25, 0.3) is 10.8 Å². The predicted molar refractivity (Wildman–Crippen MR) is 103 cm³/mol. The number of rotatable bonds is 4. The van der Waals surface area contributed by atoms with Gasteiger partial charge in [0.1, 0.15) is 0 Å². The zero-order valence-corrected chi connectivity index (χ0v) is 15.9. The Morgan fingerprint density at radius 3 is 2.38 bits per heavy atom. The molecule has 1 amide bonds. The summed E-state index contributed by atoms with van der Waals surface area (Å²) in [6.45, 7) is 0.595. The maximum absolute atomic E-state index is 12.9. The molecule has 0 spiro atoms. The number of likely N-dealkylation sites (N-methyl/N-ethyl adjacent to an activating group) is 1. The highest BCUT2D eigenvalue weighted by Crippen LogP contribution is 2.30. The first-order valence-corrected chi connectivity index (χ1v) is 9.36. The fourth-order valence-electron chi connectivity index (χ4n) is 3.96. The van der Waals surface area contributed by atoms with E-state index in [0.717, 1.165) is 12.8 Å². The molecule has 6 nitrogen and oxygen atoms in total. The fraction of sp³-hybridized carbons (Fsp3) is 0.550. The zero-order valence-electron chi connectivity index (χ0n) is 15.9. The molecule has 1 fully saturated rings. The molecule has 26 heavy (non-hydrogen) atoms. The van der Waals surface area contributed by atoms with Gasteiger partial charge in [-0.3, -0.25) is 9.59 Å². The number of aromatic nitrogens is 2. The molecule has 0 unspecified atom stereocenters. The Morgan fingerprint density at radius 2 is 1.77 bits per heavy atom. The van der Waals surface area contributed by atoms with Crippen LogP contribution in [0, 0.1) is 0 Å².